The lowest BCUT2D eigenvalue weighted by molar-refractivity contribution is -0.127. The maximum Gasteiger partial charge on any atom is 0.233 e. The van der Waals surface area contributed by atoms with E-state index in [1.807, 2.05) is 0 Å². The quantitative estimate of drug-likeness (QED) is 0.302. The van der Waals surface area contributed by atoms with Gasteiger partial charge in [-0.15, -0.1) is 0 Å². The Morgan fingerprint density at radius 3 is 2.53 bits per heavy atom. The van der Waals surface area contributed by atoms with E-state index in [0.29, 0.717) is 5.41 Å². The van der Waals surface area contributed by atoms with E-state index in [4.69, 9.17) is 10.9 Å². The molecule has 0 aromatic heterocycles. The largest absolute Gasteiger partial charge is 0.409 e. The van der Waals surface area contributed by atoms with Crippen molar-refractivity contribution in [3.63, 3.8) is 0 Å². The van der Waals surface area contributed by atoms with Crippen LogP contribution >= 0.6 is 0 Å². The maximum absolute atomic E-state index is 12.0. The molecular weight excluding hydrogens is 218 g/mol. The molecule has 0 bridgehead atoms. The van der Waals surface area contributed by atoms with Crippen LogP contribution in [-0.4, -0.2) is 23.0 Å². The molecule has 0 saturated heterocycles. The molecule has 1 fully saturated rings. The summed E-state index contributed by atoms with van der Waals surface area (Å²) in [5.41, 5.74) is 4.84. The molecular formula is C12H23N3O2. The van der Waals surface area contributed by atoms with Crippen molar-refractivity contribution in [2.45, 2.75) is 53.0 Å². The second-order valence-corrected chi connectivity index (χ2v) is 6.19. The van der Waals surface area contributed by atoms with Crippen LogP contribution in [0.25, 0.3) is 0 Å². The Hall–Kier alpha value is -1.26. The molecule has 1 unspecified atom stereocenters. The standard InChI is InChI=1S/C12H23N3O2/c1-11(2)6-5-8(7-11)14-10(16)12(3,4)9(13)15-17/h8,17H,5-7H2,1-4H3,(H2,13,15)(H,14,16). The van der Waals surface area contributed by atoms with Crippen molar-refractivity contribution < 1.29 is 10.0 Å². The van der Waals surface area contributed by atoms with Crippen LogP contribution in [0.2, 0.25) is 0 Å². The molecule has 1 atom stereocenters. The van der Waals surface area contributed by atoms with Gasteiger partial charge in [0.2, 0.25) is 5.91 Å². The third kappa shape index (κ3) is 3.11. The first kappa shape index (κ1) is 13.8. The van der Waals surface area contributed by atoms with Crippen LogP contribution in [0.3, 0.4) is 0 Å². The molecule has 5 heteroatoms. The molecule has 0 aromatic carbocycles. The summed E-state index contributed by atoms with van der Waals surface area (Å²) in [5.74, 6) is -0.247. The highest BCUT2D eigenvalue weighted by Crippen LogP contribution is 2.37. The van der Waals surface area contributed by atoms with Gasteiger partial charge < -0.3 is 16.3 Å². The predicted octanol–water partition coefficient (Wildman–Crippen LogP) is 1.45. The second kappa shape index (κ2) is 4.55. The predicted molar refractivity (Wildman–Crippen MR) is 66.8 cm³/mol. The number of nitrogens with two attached hydrogens (primary N) is 1. The summed E-state index contributed by atoms with van der Waals surface area (Å²) in [6.07, 6.45) is 3.08. The highest BCUT2D eigenvalue weighted by molar-refractivity contribution is 6.05. The lowest BCUT2D eigenvalue weighted by Gasteiger charge is -2.25. The van der Waals surface area contributed by atoms with Crippen LogP contribution in [0.15, 0.2) is 5.16 Å². The summed E-state index contributed by atoms with van der Waals surface area (Å²) in [6.45, 7) is 7.71. The van der Waals surface area contributed by atoms with Gasteiger partial charge in [-0.05, 0) is 38.5 Å². The van der Waals surface area contributed by atoms with Crippen LogP contribution in [0.5, 0.6) is 0 Å². The minimum Gasteiger partial charge on any atom is -0.409 e. The van der Waals surface area contributed by atoms with Crippen LogP contribution < -0.4 is 11.1 Å². The summed E-state index contributed by atoms with van der Waals surface area (Å²) < 4.78 is 0. The Balaban J connectivity index is 2.62. The summed E-state index contributed by atoms with van der Waals surface area (Å²) in [4.78, 5) is 12.0. The SMILES string of the molecule is CC1(C)CCC(NC(=O)C(C)(C)C(N)=NO)C1. The average molecular weight is 241 g/mol. The molecule has 4 N–H and O–H groups in total. The number of amidine groups is 1. The van der Waals surface area contributed by atoms with Crippen LogP contribution in [0, 0.1) is 10.8 Å². The van der Waals surface area contributed by atoms with Gasteiger partial charge in [-0.2, -0.15) is 0 Å². The fourth-order valence-corrected chi connectivity index (χ4v) is 2.17. The fraction of sp³-hybridized carbons (Fsp3) is 0.833. The third-order valence-electron chi connectivity index (χ3n) is 3.62. The van der Waals surface area contributed by atoms with Crippen molar-refractivity contribution in [2.75, 3.05) is 0 Å². The zero-order valence-electron chi connectivity index (χ0n) is 11.1. The number of amides is 1. The van der Waals surface area contributed by atoms with Crippen molar-refractivity contribution in [1.29, 1.82) is 0 Å². The number of nitrogens with one attached hydrogen (secondary N) is 1. The van der Waals surface area contributed by atoms with Crippen molar-refractivity contribution >= 4 is 11.7 Å². The molecule has 1 aliphatic rings. The molecule has 0 spiro atoms. The first-order valence-corrected chi connectivity index (χ1v) is 5.98. The van der Waals surface area contributed by atoms with Gasteiger partial charge in [-0.1, -0.05) is 19.0 Å². The zero-order chi connectivity index (χ0) is 13.3. The van der Waals surface area contributed by atoms with Gasteiger partial charge in [-0.3, -0.25) is 4.79 Å². The smallest absolute Gasteiger partial charge is 0.233 e. The van der Waals surface area contributed by atoms with Gasteiger partial charge in [0.1, 0.15) is 5.41 Å². The lowest BCUT2D eigenvalue weighted by Crippen LogP contribution is -2.48. The molecule has 98 valence electrons. The Morgan fingerprint density at radius 2 is 2.12 bits per heavy atom. The minimum absolute atomic E-state index is 0.0627. The van der Waals surface area contributed by atoms with Crippen LogP contribution in [0.1, 0.15) is 47.0 Å². The summed E-state index contributed by atoms with van der Waals surface area (Å²) in [5, 5.41) is 14.5. The van der Waals surface area contributed by atoms with Gasteiger partial charge >= 0.3 is 0 Å². The van der Waals surface area contributed by atoms with E-state index in [9.17, 15) is 4.79 Å². The lowest BCUT2D eigenvalue weighted by atomic mass is 9.89. The average Bonchev–Trinajstić information content (AvgIpc) is 2.56. The minimum atomic E-state index is -0.971. The van der Waals surface area contributed by atoms with Crippen molar-refractivity contribution in [1.82, 2.24) is 5.32 Å². The summed E-state index contributed by atoms with van der Waals surface area (Å²) in [7, 11) is 0. The van der Waals surface area contributed by atoms with E-state index in [1.54, 1.807) is 13.8 Å². The van der Waals surface area contributed by atoms with Crippen molar-refractivity contribution in [2.24, 2.45) is 21.7 Å². The number of carbonyl (C=O) groups excluding carboxylic acids is 1. The summed E-state index contributed by atoms with van der Waals surface area (Å²) in [6, 6.07) is 0.197. The Kier molecular flexibility index (Phi) is 3.69. The zero-order valence-corrected chi connectivity index (χ0v) is 11.1. The number of carbonyl (C=O) groups is 1. The molecule has 1 saturated carbocycles. The first-order valence-electron chi connectivity index (χ1n) is 5.98. The third-order valence-corrected chi connectivity index (χ3v) is 3.62. The molecule has 0 aromatic rings. The van der Waals surface area contributed by atoms with Gasteiger partial charge in [0.25, 0.3) is 0 Å². The molecule has 0 aliphatic heterocycles. The molecule has 0 radical (unpaired) electrons. The molecule has 0 heterocycles. The van der Waals surface area contributed by atoms with E-state index in [-0.39, 0.29) is 17.8 Å². The van der Waals surface area contributed by atoms with Gasteiger partial charge in [-0.25, -0.2) is 0 Å². The Bertz CT molecular complexity index is 335. The van der Waals surface area contributed by atoms with E-state index in [2.05, 4.69) is 24.3 Å². The van der Waals surface area contributed by atoms with Crippen LogP contribution in [0.4, 0.5) is 0 Å². The molecule has 1 amide bonds. The monoisotopic (exact) mass is 241 g/mol. The number of rotatable bonds is 3. The number of nitrogens with zero attached hydrogens (tertiary/aromatic N) is 1. The van der Waals surface area contributed by atoms with E-state index in [1.165, 1.54) is 0 Å². The number of hydrogen-bond donors (Lipinski definition) is 3. The maximum atomic E-state index is 12.0. The second-order valence-electron chi connectivity index (χ2n) is 6.19. The molecule has 17 heavy (non-hydrogen) atoms. The number of hydrogen-bond acceptors (Lipinski definition) is 3. The molecule has 5 nitrogen and oxygen atoms in total. The van der Waals surface area contributed by atoms with Crippen molar-refractivity contribution in [3.8, 4) is 0 Å². The van der Waals surface area contributed by atoms with Gasteiger partial charge in [0.05, 0.1) is 0 Å². The molecule has 1 rings (SSSR count). The Labute approximate surface area is 102 Å². The molecule has 1 aliphatic carbocycles. The van der Waals surface area contributed by atoms with E-state index >= 15 is 0 Å². The van der Waals surface area contributed by atoms with Gasteiger partial charge in [0, 0.05) is 6.04 Å². The normalized spacial score (nSPS) is 24.7. The number of oxime groups is 1. The van der Waals surface area contributed by atoms with Gasteiger partial charge in [0.15, 0.2) is 5.84 Å². The van der Waals surface area contributed by atoms with E-state index in [0.717, 1.165) is 19.3 Å². The topological polar surface area (TPSA) is 87.7 Å². The summed E-state index contributed by atoms with van der Waals surface area (Å²) >= 11 is 0. The Morgan fingerprint density at radius 1 is 1.53 bits per heavy atom. The first-order chi connectivity index (χ1) is 7.69. The van der Waals surface area contributed by atoms with E-state index < -0.39 is 5.41 Å². The van der Waals surface area contributed by atoms with Crippen molar-refractivity contribution in [3.05, 3.63) is 0 Å². The highest BCUT2D eigenvalue weighted by Gasteiger charge is 2.37. The fourth-order valence-electron chi connectivity index (χ4n) is 2.17. The van der Waals surface area contributed by atoms with Crippen LogP contribution in [-0.2, 0) is 4.79 Å². The highest BCUT2D eigenvalue weighted by atomic mass is 16.4.